The minimum atomic E-state index is -1.43. The highest BCUT2D eigenvalue weighted by molar-refractivity contribution is 6.40. The van der Waals surface area contributed by atoms with Crippen molar-refractivity contribution >= 4 is 17.7 Å². The van der Waals surface area contributed by atoms with Crippen LogP contribution in [0.4, 0.5) is 0 Å². The van der Waals surface area contributed by atoms with Gasteiger partial charge in [-0.2, -0.15) is 0 Å². The summed E-state index contributed by atoms with van der Waals surface area (Å²) in [5.74, 6) is -1.16. The van der Waals surface area contributed by atoms with Crippen molar-refractivity contribution in [2.45, 2.75) is 51.9 Å². The maximum atomic E-state index is 13.5. The number of carbonyl (C=O) groups is 2. The predicted octanol–water partition coefficient (Wildman–Crippen LogP) is 6.13. The van der Waals surface area contributed by atoms with E-state index in [-0.39, 0.29) is 12.3 Å². The Morgan fingerprint density at radius 3 is 1.82 bits per heavy atom. The van der Waals surface area contributed by atoms with Gasteiger partial charge in [-0.1, -0.05) is 85.8 Å². The summed E-state index contributed by atoms with van der Waals surface area (Å²) < 4.78 is 11.9. The lowest BCUT2D eigenvalue weighted by atomic mass is 9.85. The lowest BCUT2D eigenvalue weighted by Crippen LogP contribution is -2.46. The van der Waals surface area contributed by atoms with Crippen molar-refractivity contribution in [2.75, 3.05) is 0 Å². The minimum Gasteiger partial charge on any atom is -0.455 e. The molecular weight excluding hydrogens is 426 g/mol. The summed E-state index contributed by atoms with van der Waals surface area (Å²) >= 11 is 0. The van der Waals surface area contributed by atoms with Crippen molar-refractivity contribution in [3.63, 3.8) is 0 Å². The zero-order chi connectivity index (χ0) is 24.6. The molecule has 0 aliphatic heterocycles. The summed E-state index contributed by atoms with van der Waals surface area (Å²) in [6, 6.07) is 27.6. The van der Waals surface area contributed by atoms with Crippen LogP contribution in [0.5, 0.6) is 0 Å². The average Bonchev–Trinajstić information content (AvgIpc) is 2.84. The first-order valence-corrected chi connectivity index (χ1v) is 11.4. The SMILES string of the molecule is CCC(OC(=O)c1ccccc1)(C(=NCc1ccccc1)C(=O)OC(C)(C)C)c1ccccc1. The van der Waals surface area contributed by atoms with Crippen LogP contribution in [0.25, 0.3) is 0 Å². The van der Waals surface area contributed by atoms with Gasteiger partial charge in [-0.3, -0.25) is 4.99 Å². The van der Waals surface area contributed by atoms with Gasteiger partial charge in [0.15, 0.2) is 11.3 Å². The second-order valence-electron chi connectivity index (χ2n) is 8.95. The monoisotopic (exact) mass is 457 g/mol. The van der Waals surface area contributed by atoms with Gasteiger partial charge >= 0.3 is 11.9 Å². The third-order valence-electron chi connectivity index (χ3n) is 5.25. The molecule has 0 N–H and O–H groups in total. The second kappa shape index (κ2) is 10.9. The Hall–Kier alpha value is -3.73. The molecule has 1 atom stereocenters. The van der Waals surface area contributed by atoms with Crippen molar-refractivity contribution in [1.29, 1.82) is 0 Å². The molecule has 5 heteroatoms. The smallest absolute Gasteiger partial charge is 0.357 e. The minimum absolute atomic E-state index is 0.0595. The van der Waals surface area contributed by atoms with Crippen LogP contribution in [-0.4, -0.2) is 23.3 Å². The molecule has 0 aromatic heterocycles. The molecule has 0 heterocycles. The van der Waals surface area contributed by atoms with Gasteiger partial charge in [-0.05, 0) is 44.9 Å². The zero-order valence-corrected chi connectivity index (χ0v) is 20.2. The van der Waals surface area contributed by atoms with Gasteiger partial charge in [-0.25, -0.2) is 9.59 Å². The Balaban J connectivity index is 2.15. The van der Waals surface area contributed by atoms with E-state index in [1.165, 1.54) is 0 Å². The lowest BCUT2D eigenvalue weighted by Gasteiger charge is -2.34. The van der Waals surface area contributed by atoms with Crippen molar-refractivity contribution in [1.82, 2.24) is 0 Å². The molecule has 3 aromatic carbocycles. The highest BCUT2D eigenvalue weighted by Gasteiger charge is 2.45. The molecule has 0 fully saturated rings. The maximum absolute atomic E-state index is 13.5. The molecule has 0 aliphatic carbocycles. The average molecular weight is 458 g/mol. The molecule has 176 valence electrons. The Labute approximate surface area is 201 Å². The first-order valence-electron chi connectivity index (χ1n) is 11.4. The summed E-state index contributed by atoms with van der Waals surface area (Å²) in [5, 5.41) is 0. The number of benzene rings is 3. The number of aliphatic imine (C=N–C) groups is 1. The van der Waals surface area contributed by atoms with Crippen molar-refractivity contribution in [3.8, 4) is 0 Å². The van der Waals surface area contributed by atoms with E-state index < -0.39 is 23.1 Å². The maximum Gasteiger partial charge on any atom is 0.357 e. The molecule has 0 aliphatic rings. The summed E-state index contributed by atoms with van der Waals surface area (Å²) in [6.07, 6.45) is 0.294. The Bertz CT molecular complexity index is 1120. The molecule has 1 unspecified atom stereocenters. The molecule has 0 saturated carbocycles. The van der Waals surface area contributed by atoms with E-state index in [0.717, 1.165) is 5.56 Å². The quantitative estimate of drug-likeness (QED) is 0.301. The van der Waals surface area contributed by atoms with Gasteiger partial charge in [0, 0.05) is 5.56 Å². The third-order valence-corrected chi connectivity index (χ3v) is 5.25. The van der Waals surface area contributed by atoms with Crippen LogP contribution in [0.2, 0.25) is 0 Å². The van der Waals surface area contributed by atoms with E-state index in [1.807, 2.05) is 73.7 Å². The van der Waals surface area contributed by atoms with E-state index >= 15 is 0 Å². The van der Waals surface area contributed by atoms with Gasteiger partial charge in [0.05, 0.1) is 12.1 Å². The zero-order valence-electron chi connectivity index (χ0n) is 20.2. The summed E-state index contributed by atoms with van der Waals surface area (Å²) in [4.78, 5) is 31.5. The number of rotatable bonds is 8. The molecule has 0 bridgehead atoms. The summed E-state index contributed by atoms with van der Waals surface area (Å²) in [6.45, 7) is 7.50. The molecule has 0 radical (unpaired) electrons. The van der Waals surface area contributed by atoms with Gasteiger partial charge in [0.2, 0.25) is 0 Å². The van der Waals surface area contributed by atoms with Crippen LogP contribution in [0.3, 0.4) is 0 Å². The van der Waals surface area contributed by atoms with Gasteiger partial charge < -0.3 is 9.47 Å². The topological polar surface area (TPSA) is 65.0 Å². The summed E-state index contributed by atoms with van der Waals surface area (Å²) in [7, 11) is 0. The first-order chi connectivity index (χ1) is 16.2. The Morgan fingerprint density at radius 2 is 1.29 bits per heavy atom. The highest BCUT2D eigenvalue weighted by Crippen LogP contribution is 2.34. The Kier molecular flexibility index (Phi) is 8.00. The number of hydrogen-bond acceptors (Lipinski definition) is 5. The van der Waals surface area contributed by atoms with E-state index in [0.29, 0.717) is 17.5 Å². The van der Waals surface area contributed by atoms with Crippen LogP contribution in [0, 0.1) is 0 Å². The number of hydrogen-bond donors (Lipinski definition) is 0. The predicted molar refractivity (Wildman–Crippen MR) is 134 cm³/mol. The molecule has 5 nitrogen and oxygen atoms in total. The Morgan fingerprint density at radius 1 is 0.765 bits per heavy atom. The van der Waals surface area contributed by atoms with Crippen molar-refractivity contribution in [3.05, 3.63) is 108 Å². The largest absolute Gasteiger partial charge is 0.455 e. The molecule has 34 heavy (non-hydrogen) atoms. The van der Waals surface area contributed by atoms with E-state index in [9.17, 15) is 9.59 Å². The van der Waals surface area contributed by atoms with Crippen molar-refractivity contribution < 1.29 is 19.1 Å². The highest BCUT2D eigenvalue weighted by atomic mass is 16.6. The lowest BCUT2D eigenvalue weighted by molar-refractivity contribution is -0.147. The fourth-order valence-electron chi connectivity index (χ4n) is 3.62. The second-order valence-corrected chi connectivity index (χ2v) is 8.95. The van der Waals surface area contributed by atoms with Crippen LogP contribution < -0.4 is 0 Å². The number of ether oxygens (including phenoxy) is 2. The number of esters is 2. The fourth-order valence-corrected chi connectivity index (χ4v) is 3.62. The summed E-state index contributed by atoms with van der Waals surface area (Å²) in [5.41, 5.74) is -0.141. The molecule has 3 aromatic rings. The molecule has 0 spiro atoms. The van der Waals surface area contributed by atoms with Crippen molar-refractivity contribution in [2.24, 2.45) is 4.99 Å². The normalized spacial score (nSPS) is 13.6. The van der Waals surface area contributed by atoms with Crippen LogP contribution in [-0.2, 0) is 26.4 Å². The number of nitrogens with zero attached hydrogens (tertiary/aromatic N) is 1. The van der Waals surface area contributed by atoms with Gasteiger partial charge in [-0.15, -0.1) is 0 Å². The van der Waals surface area contributed by atoms with Crippen LogP contribution in [0.15, 0.2) is 96.0 Å². The standard InChI is InChI=1S/C29H31NO4/c1-5-29(24-19-13-8-14-20-24,34-26(31)23-17-11-7-12-18-23)25(27(32)33-28(2,3)4)30-21-22-15-9-6-10-16-22/h6-20H,5,21H2,1-4H3. The fraction of sp³-hybridized carbons (Fsp3) is 0.276. The van der Waals surface area contributed by atoms with Gasteiger partial charge in [0.1, 0.15) is 5.60 Å². The molecule has 0 saturated heterocycles. The van der Waals surface area contributed by atoms with Gasteiger partial charge in [0.25, 0.3) is 0 Å². The van der Waals surface area contributed by atoms with E-state index in [4.69, 9.17) is 14.5 Å². The number of carbonyl (C=O) groups excluding carboxylic acids is 2. The molecule has 3 rings (SSSR count). The van der Waals surface area contributed by atoms with E-state index in [2.05, 4.69) is 0 Å². The molecular formula is C29H31NO4. The first kappa shape index (κ1) is 24.9. The molecule has 0 amide bonds. The van der Waals surface area contributed by atoms with Crippen LogP contribution in [0.1, 0.15) is 55.6 Å². The third kappa shape index (κ3) is 6.19. The van der Waals surface area contributed by atoms with Crippen LogP contribution >= 0.6 is 0 Å². The van der Waals surface area contributed by atoms with E-state index in [1.54, 1.807) is 45.0 Å².